The molecule has 17 heavy (non-hydrogen) atoms. The van der Waals surface area contributed by atoms with Gasteiger partial charge in [-0.1, -0.05) is 25.5 Å². The van der Waals surface area contributed by atoms with Crippen molar-refractivity contribution >= 4 is 6.03 Å². The summed E-state index contributed by atoms with van der Waals surface area (Å²) in [6.07, 6.45) is 9.06. The molecule has 0 heterocycles. The number of nitrogens with one attached hydrogen (secondary N) is 2. The number of aliphatic hydroxyl groups excluding tert-OH is 1. The van der Waals surface area contributed by atoms with Gasteiger partial charge < -0.3 is 15.7 Å². The maximum absolute atomic E-state index is 11.8. The fourth-order valence-electron chi connectivity index (χ4n) is 2.14. The summed E-state index contributed by atoms with van der Waals surface area (Å²) in [5.41, 5.74) is -0.517. The molecule has 98 valence electrons. The summed E-state index contributed by atoms with van der Waals surface area (Å²) in [4.78, 5) is 11.8. The van der Waals surface area contributed by atoms with Crippen LogP contribution in [-0.2, 0) is 0 Å². The van der Waals surface area contributed by atoms with Gasteiger partial charge in [0, 0.05) is 6.04 Å². The zero-order chi connectivity index (χ0) is 12.7. The fourth-order valence-corrected chi connectivity index (χ4v) is 2.14. The van der Waals surface area contributed by atoms with Crippen LogP contribution in [0.2, 0.25) is 0 Å². The van der Waals surface area contributed by atoms with Crippen molar-refractivity contribution in [3.05, 3.63) is 12.2 Å². The number of hydrogen-bond acceptors (Lipinski definition) is 2. The largest absolute Gasteiger partial charge is 0.394 e. The molecule has 3 N–H and O–H groups in total. The predicted molar refractivity (Wildman–Crippen MR) is 68.8 cm³/mol. The van der Waals surface area contributed by atoms with E-state index in [1.807, 2.05) is 19.9 Å². The molecule has 0 aliphatic heterocycles. The van der Waals surface area contributed by atoms with Crippen LogP contribution in [0.15, 0.2) is 12.2 Å². The molecule has 2 amide bonds. The smallest absolute Gasteiger partial charge is 0.315 e. The van der Waals surface area contributed by atoms with Gasteiger partial charge in [-0.15, -0.1) is 0 Å². The number of hydrogen-bond donors (Lipinski definition) is 3. The third-order valence-corrected chi connectivity index (χ3v) is 3.14. The first-order valence-corrected chi connectivity index (χ1v) is 6.46. The molecule has 0 bridgehead atoms. The Morgan fingerprint density at radius 1 is 1.59 bits per heavy atom. The van der Waals surface area contributed by atoms with Crippen LogP contribution in [-0.4, -0.2) is 29.3 Å². The van der Waals surface area contributed by atoms with Crippen LogP contribution in [0.3, 0.4) is 0 Å². The van der Waals surface area contributed by atoms with Crippen molar-refractivity contribution in [1.29, 1.82) is 0 Å². The number of carbonyl (C=O) groups excluding carboxylic acids is 1. The van der Waals surface area contributed by atoms with E-state index in [0.717, 1.165) is 32.1 Å². The highest BCUT2D eigenvalue weighted by molar-refractivity contribution is 5.75. The molecule has 1 rings (SSSR count). The second kappa shape index (κ2) is 6.64. The zero-order valence-electron chi connectivity index (χ0n) is 10.8. The van der Waals surface area contributed by atoms with Gasteiger partial charge in [0.1, 0.15) is 0 Å². The van der Waals surface area contributed by atoms with E-state index < -0.39 is 5.54 Å². The molecule has 0 spiro atoms. The summed E-state index contributed by atoms with van der Waals surface area (Å²) >= 11 is 0. The minimum absolute atomic E-state index is 0.0330. The van der Waals surface area contributed by atoms with E-state index in [-0.39, 0.29) is 18.7 Å². The van der Waals surface area contributed by atoms with Crippen molar-refractivity contribution in [1.82, 2.24) is 10.6 Å². The highest BCUT2D eigenvalue weighted by Gasteiger charge is 2.25. The Morgan fingerprint density at radius 3 is 2.88 bits per heavy atom. The number of carbonyl (C=O) groups is 1. The van der Waals surface area contributed by atoms with Gasteiger partial charge in [-0.2, -0.15) is 0 Å². The first-order valence-electron chi connectivity index (χ1n) is 6.46. The molecule has 0 saturated heterocycles. The van der Waals surface area contributed by atoms with E-state index in [1.165, 1.54) is 0 Å². The molecule has 1 aliphatic carbocycles. The average molecular weight is 240 g/mol. The molecule has 4 nitrogen and oxygen atoms in total. The van der Waals surface area contributed by atoms with E-state index in [1.54, 1.807) is 0 Å². The Hall–Kier alpha value is -1.03. The van der Waals surface area contributed by atoms with Crippen LogP contribution in [0.25, 0.3) is 0 Å². The molecule has 2 atom stereocenters. The van der Waals surface area contributed by atoms with Gasteiger partial charge in [0.2, 0.25) is 0 Å². The van der Waals surface area contributed by atoms with Crippen LogP contribution in [0, 0.1) is 0 Å². The molecule has 4 heteroatoms. The molecule has 0 fully saturated rings. The summed E-state index contributed by atoms with van der Waals surface area (Å²) in [5, 5.41) is 15.1. The lowest BCUT2D eigenvalue weighted by Gasteiger charge is -2.29. The average Bonchev–Trinajstić information content (AvgIpc) is 2.30. The van der Waals surface area contributed by atoms with Gasteiger partial charge in [0.25, 0.3) is 0 Å². The number of rotatable bonds is 5. The minimum Gasteiger partial charge on any atom is -0.394 e. The molecule has 0 aromatic carbocycles. The van der Waals surface area contributed by atoms with Crippen LogP contribution in [0.4, 0.5) is 4.79 Å². The Bertz CT molecular complexity index is 279. The second-order valence-corrected chi connectivity index (χ2v) is 5.03. The van der Waals surface area contributed by atoms with Gasteiger partial charge >= 0.3 is 6.03 Å². The molecule has 0 radical (unpaired) electrons. The van der Waals surface area contributed by atoms with Gasteiger partial charge in [-0.25, -0.2) is 4.79 Å². The Labute approximate surface area is 103 Å². The summed E-state index contributed by atoms with van der Waals surface area (Å²) in [6.45, 7) is 3.87. The van der Waals surface area contributed by atoms with Crippen molar-refractivity contribution < 1.29 is 9.90 Å². The zero-order valence-corrected chi connectivity index (χ0v) is 10.8. The molecular weight excluding hydrogens is 216 g/mol. The third kappa shape index (κ3) is 4.77. The van der Waals surface area contributed by atoms with Crippen molar-refractivity contribution in [2.24, 2.45) is 0 Å². The Morgan fingerprint density at radius 2 is 2.35 bits per heavy atom. The minimum atomic E-state index is -0.517. The normalized spacial score (nSPS) is 22.9. The van der Waals surface area contributed by atoms with Crippen LogP contribution in [0.1, 0.15) is 46.0 Å². The summed E-state index contributed by atoms with van der Waals surface area (Å²) in [7, 11) is 0. The lowest BCUT2D eigenvalue weighted by Crippen LogP contribution is -2.54. The summed E-state index contributed by atoms with van der Waals surface area (Å²) < 4.78 is 0. The molecule has 2 unspecified atom stereocenters. The van der Waals surface area contributed by atoms with E-state index in [2.05, 4.69) is 16.7 Å². The van der Waals surface area contributed by atoms with E-state index >= 15 is 0 Å². The van der Waals surface area contributed by atoms with Gasteiger partial charge in [0.05, 0.1) is 12.1 Å². The first-order chi connectivity index (χ1) is 8.09. The van der Waals surface area contributed by atoms with Gasteiger partial charge in [-0.05, 0) is 32.6 Å². The highest BCUT2D eigenvalue weighted by atomic mass is 16.3. The Balaban J connectivity index is 2.41. The van der Waals surface area contributed by atoms with Gasteiger partial charge in [-0.3, -0.25) is 0 Å². The number of amides is 2. The molecular formula is C13H24N2O2. The SMILES string of the molecule is CCCC(C)(CO)NC(=O)NC1C=CCCC1. The number of allylic oxidation sites excluding steroid dienone is 1. The van der Waals surface area contributed by atoms with Crippen LogP contribution in [0.5, 0.6) is 0 Å². The lowest BCUT2D eigenvalue weighted by atomic mass is 9.97. The quantitative estimate of drug-likeness (QED) is 0.643. The van der Waals surface area contributed by atoms with Crippen molar-refractivity contribution in [2.75, 3.05) is 6.61 Å². The van der Waals surface area contributed by atoms with Crippen molar-refractivity contribution in [3.63, 3.8) is 0 Å². The molecule has 0 aromatic rings. The standard InChI is InChI=1S/C13H24N2O2/c1-3-9-13(2,10-16)15-12(17)14-11-7-5-4-6-8-11/h5,7,11,16H,3-4,6,8-10H2,1-2H3,(H2,14,15,17). The maximum atomic E-state index is 11.8. The monoisotopic (exact) mass is 240 g/mol. The predicted octanol–water partition coefficient (Wildman–Crippen LogP) is 1.95. The topological polar surface area (TPSA) is 61.4 Å². The number of urea groups is 1. The summed E-state index contributed by atoms with van der Waals surface area (Å²) in [6, 6.07) is -0.0557. The van der Waals surface area contributed by atoms with Gasteiger partial charge in [0.15, 0.2) is 0 Å². The first kappa shape index (κ1) is 14.0. The van der Waals surface area contributed by atoms with Crippen LogP contribution < -0.4 is 10.6 Å². The fraction of sp³-hybridized carbons (Fsp3) is 0.769. The van der Waals surface area contributed by atoms with E-state index in [4.69, 9.17) is 0 Å². The molecule has 0 saturated carbocycles. The lowest BCUT2D eigenvalue weighted by molar-refractivity contribution is 0.162. The van der Waals surface area contributed by atoms with Crippen molar-refractivity contribution in [3.8, 4) is 0 Å². The maximum Gasteiger partial charge on any atom is 0.315 e. The molecule has 1 aliphatic rings. The Kier molecular flexibility index (Phi) is 5.48. The highest BCUT2D eigenvalue weighted by Crippen LogP contribution is 2.12. The van der Waals surface area contributed by atoms with E-state index in [9.17, 15) is 9.90 Å². The van der Waals surface area contributed by atoms with Crippen LogP contribution >= 0.6 is 0 Å². The van der Waals surface area contributed by atoms with E-state index in [0.29, 0.717) is 0 Å². The molecule has 0 aromatic heterocycles. The number of aliphatic hydroxyl groups is 1. The van der Waals surface area contributed by atoms with Crippen molar-refractivity contribution in [2.45, 2.75) is 57.5 Å². The third-order valence-electron chi connectivity index (χ3n) is 3.14. The second-order valence-electron chi connectivity index (χ2n) is 5.03. The summed E-state index contributed by atoms with van der Waals surface area (Å²) in [5.74, 6) is 0.